The third kappa shape index (κ3) is 4.08. The lowest BCUT2D eigenvalue weighted by atomic mass is 9.84. The van der Waals surface area contributed by atoms with Gasteiger partial charge in [0.15, 0.2) is 0 Å². The van der Waals surface area contributed by atoms with Crippen LogP contribution < -0.4 is 10.2 Å². The van der Waals surface area contributed by atoms with Crippen molar-refractivity contribution in [2.24, 2.45) is 11.8 Å². The Labute approximate surface area is 230 Å². The number of hydrogen-bond acceptors (Lipinski definition) is 4. The third-order valence-corrected chi connectivity index (χ3v) is 7.89. The summed E-state index contributed by atoms with van der Waals surface area (Å²) in [5.41, 5.74) is 0.683. The van der Waals surface area contributed by atoms with Gasteiger partial charge in [-0.25, -0.2) is 4.90 Å². The molecule has 0 radical (unpaired) electrons. The van der Waals surface area contributed by atoms with E-state index in [4.69, 9.17) is 23.2 Å². The van der Waals surface area contributed by atoms with E-state index in [-0.39, 0.29) is 21.4 Å². The molecule has 11 heteroatoms. The number of anilines is 2. The minimum atomic E-state index is -4.60. The Kier molecular flexibility index (Phi) is 5.96. The SMILES string of the molecule is O=C(Nc1cccc(C(F)(F)F)c1)[C@@H]1[C@@H]2C(=O)N(c3cc(Cl)ccc3Cl)C(=O)[C@@H]2C2c3ccccc3C=CN21. The van der Waals surface area contributed by atoms with Gasteiger partial charge in [-0.05, 0) is 53.6 Å². The van der Waals surface area contributed by atoms with Gasteiger partial charge in [-0.1, -0.05) is 53.5 Å². The Morgan fingerprint density at radius 2 is 1.64 bits per heavy atom. The van der Waals surface area contributed by atoms with E-state index >= 15 is 0 Å². The van der Waals surface area contributed by atoms with Crippen molar-refractivity contribution in [1.82, 2.24) is 4.90 Å². The summed E-state index contributed by atoms with van der Waals surface area (Å²) in [7, 11) is 0. The predicted molar refractivity (Wildman–Crippen MR) is 140 cm³/mol. The Morgan fingerprint density at radius 3 is 2.41 bits per heavy atom. The monoisotopic (exact) mass is 571 g/mol. The van der Waals surface area contributed by atoms with Gasteiger partial charge >= 0.3 is 6.18 Å². The number of fused-ring (bicyclic) bond motifs is 5. The fraction of sp³-hybridized carbons (Fsp3) is 0.179. The van der Waals surface area contributed by atoms with Crippen LogP contribution in [0.5, 0.6) is 0 Å². The predicted octanol–water partition coefficient (Wildman–Crippen LogP) is 6.17. The first-order valence-electron chi connectivity index (χ1n) is 11.9. The number of rotatable bonds is 3. The largest absolute Gasteiger partial charge is 0.416 e. The minimum Gasteiger partial charge on any atom is -0.357 e. The smallest absolute Gasteiger partial charge is 0.357 e. The molecule has 3 heterocycles. The highest BCUT2D eigenvalue weighted by Gasteiger charge is 2.64. The molecule has 3 amide bonds. The number of nitrogens with zero attached hydrogens (tertiary/aromatic N) is 2. The number of carbonyl (C=O) groups is 3. The van der Waals surface area contributed by atoms with Crippen LogP contribution in [-0.4, -0.2) is 28.7 Å². The zero-order valence-corrected chi connectivity index (χ0v) is 21.3. The van der Waals surface area contributed by atoms with E-state index in [2.05, 4.69) is 5.32 Å². The van der Waals surface area contributed by atoms with Gasteiger partial charge in [0, 0.05) is 16.9 Å². The van der Waals surface area contributed by atoms with E-state index in [1.54, 1.807) is 23.2 Å². The van der Waals surface area contributed by atoms with Crippen LogP contribution in [-0.2, 0) is 20.6 Å². The molecular formula is C28H18Cl2F3N3O3. The van der Waals surface area contributed by atoms with E-state index in [1.807, 2.05) is 18.2 Å². The van der Waals surface area contributed by atoms with Crippen LogP contribution in [0, 0.1) is 11.8 Å². The highest BCUT2D eigenvalue weighted by Crippen LogP contribution is 2.54. The number of nitrogens with one attached hydrogen (secondary N) is 1. The third-order valence-electron chi connectivity index (χ3n) is 7.34. The zero-order valence-electron chi connectivity index (χ0n) is 19.8. The fourth-order valence-corrected chi connectivity index (χ4v) is 6.11. The summed E-state index contributed by atoms with van der Waals surface area (Å²) >= 11 is 12.5. The molecule has 39 heavy (non-hydrogen) atoms. The van der Waals surface area contributed by atoms with Gasteiger partial charge in [0.1, 0.15) is 6.04 Å². The average molecular weight is 572 g/mol. The topological polar surface area (TPSA) is 69.7 Å². The molecule has 4 atom stereocenters. The van der Waals surface area contributed by atoms with Crippen LogP contribution in [0.3, 0.4) is 0 Å². The van der Waals surface area contributed by atoms with Crippen LogP contribution in [0.15, 0.2) is 72.9 Å². The standard InChI is InChI=1S/C28H18Cl2F3N3O3/c29-16-8-9-19(30)20(13-16)36-26(38)21-22(27(36)39)24(35-11-10-14-4-1-2-7-18(14)23(21)35)25(37)34-17-6-3-5-15(12-17)28(31,32)33/h1-13,21-24H,(H,34,37)/t21-,22+,23?,24-/m0/s1. The quantitative estimate of drug-likeness (QED) is 0.382. The molecule has 1 unspecified atom stereocenters. The number of benzene rings is 3. The summed E-state index contributed by atoms with van der Waals surface area (Å²) in [6.07, 6.45) is -1.18. The lowest BCUT2D eigenvalue weighted by Crippen LogP contribution is -2.46. The van der Waals surface area contributed by atoms with Crippen molar-refractivity contribution in [1.29, 1.82) is 0 Å². The lowest BCUT2D eigenvalue weighted by Gasteiger charge is -2.35. The number of alkyl halides is 3. The maximum atomic E-state index is 13.9. The van der Waals surface area contributed by atoms with Crippen molar-refractivity contribution in [2.45, 2.75) is 18.3 Å². The summed E-state index contributed by atoms with van der Waals surface area (Å²) in [5, 5.41) is 2.93. The van der Waals surface area contributed by atoms with Gasteiger partial charge in [-0.2, -0.15) is 13.2 Å². The molecule has 0 aliphatic carbocycles. The van der Waals surface area contributed by atoms with Crippen LogP contribution in [0.2, 0.25) is 10.0 Å². The molecule has 1 N–H and O–H groups in total. The van der Waals surface area contributed by atoms with E-state index in [9.17, 15) is 27.6 Å². The zero-order chi connectivity index (χ0) is 27.6. The second-order valence-electron chi connectivity index (χ2n) is 9.51. The molecule has 3 aromatic rings. The molecular weight excluding hydrogens is 554 g/mol. The van der Waals surface area contributed by atoms with Gasteiger partial charge in [-0.3, -0.25) is 14.4 Å². The van der Waals surface area contributed by atoms with E-state index < -0.39 is 53.4 Å². The second-order valence-corrected chi connectivity index (χ2v) is 10.4. The first-order chi connectivity index (χ1) is 18.6. The van der Waals surface area contributed by atoms with E-state index in [1.165, 1.54) is 30.3 Å². The van der Waals surface area contributed by atoms with Crippen LogP contribution in [0.1, 0.15) is 22.7 Å². The normalized spacial score (nSPS) is 23.5. The minimum absolute atomic E-state index is 0.0808. The molecule has 6 rings (SSSR count). The molecule has 2 saturated heterocycles. The van der Waals surface area contributed by atoms with Gasteiger partial charge in [0.05, 0.1) is 34.2 Å². The van der Waals surface area contributed by atoms with Gasteiger partial charge in [0.25, 0.3) is 0 Å². The maximum absolute atomic E-state index is 13.9. The van der Waals surface area contributed by atoms with Crippen LogP contribution in [0.25, 0.3) is 6.08 Å². The molecule has 198 valence electrons. The Bertz CT molecular complexity index is 1570. The number of halogens is 5. The van der Waals surface area contributed by atoms with Gasteiger partial charge in [-0.15, -0.1) is 0 Å². The van der Waals surface area contributed by atoms with Crippen molar-refractivity contribution < 1.29 is 27.6 Å². The highest BCUT2D eigenvalue weighted by atomic mass is 35.5. The van der Waals surface area contributed by atoms with Gasteiger partial charge < -0.3 is 10.2 Å². The molecule has 0 spiro atoms. The summed E-state index contributed by atoms with van der Waals surface area (Å²) < 4.78 is 39.8. The van der Waals surface area contributed by atoms with Crippen molar-refractivity contribution >= 4 is 58.4 Å². The Hall–Kier alpha value is -3.82. The average Bonchev–Trinajstić information content (AvgIpc) is 3.37. The molecule has 0 aromatic heterocycles. The number of hydrogen-bond donors (Lipinski definition) is 1. The number of amides is 3. The van der Waals surface area contributed by atoms with E-state index in [0.717, 1.165) is 28.2 Å². The van der Waals surface area contributed by atoms with Crippen molar-refractivity contribution in [3.05, 3.63) is 99.7 Å². The second kappa shape index (κ2) is 9.14. The molecule has 2 fully saturated rings. The molecule has 0 saturated carbocycles. The lowest BCUT2D eigenvalue weighted by molar-refractivity contribution is -0.137. The fourth-order valence-electron chi connectivity index (χ4n) is 5.74. The maximum Gasteiger partial charge on any atom is 0.416 e. The first kappa shape index (κ1) is 25.5. The summed E-state index contributed by atoms with van der Waals surface area (Å²) in [5.74, 6) is -3.96. The first-order valence-corrected chi connectivity index (χ1v) is 12.7. The van der Waals surface area contributed by atoms with Crippen molar-refractivity contribution in [3.8, 4) is 0 Å². The van der Waals surface area contributed by atoms with Crippen molar-refractivity contribution in [2.75, 3.05) is 10.2 Å². The Morgan fingerprint density at radius 1 is 0.897 bits per heavy atom. The summed E-state index contributed by atoms with van der Waals surface area (Å²) in [4.78, 5) is 44.1. The van der Waals surface area contributed by atoms with E-state index in [0.29, 0.717) is 0 Å². The number of imide groups is 1. The summed E-state index contributed by atoms with van der Waals surface area (Å²) in [6.45, 7) is 0. The van der Waals surface area contributed by atoms with Gasteiger partial charge in [0.2, 0.25) is 17.7 Å². The van der Waals surface area contributed by atoms with Crippen LogP contribution in [0.4, 0.5) is 24.5 Å². The molecule has 0 bridgehead atoms. The molecule has 3 aliphatic heterocycles. The van der Waals surface area contributed by atoms with Crippen molar-refractivity contribution in [3.63, 3.8) is 0 Å². The highest BCUT2D eigenvalue weighted by molar-refractivity contribution is 6.38. The molecule has 6 nitrogen and oxygen atoms in total. The Balaban J connectivity index is 1.43. The molecule has 3 aliphatic rings. The number of carbonyl (C=O) groups excluding carboxylic acids is 3. The van der Waals surface area contributed by atoms with Crippen LogP contribution >= 0.6 is 23.2 Å². The molecule has 3 aromatic carbocycles. The summed E-state index contributed by atoms with van der Waals surface area (Å²) in [6, 6.07) is 14.1.